The number of halogens is 1. The van der Waals surface area contributed by atoms with Crippen molar-refractivity contribution in [2.45, 2.75) is 95.6 Å². The quantitative estimate of drug-likeness (QED) is 0.743. The van der Waals surface area contributed by atoms with Gasteiger partial charge in [0.2, 0.25) is 5.91 Å². The molecule has 0 bridgehead atoms. The van der Waals surface area contributed by atoms with Crippen LogP contribution in [-0.2, 0) is 18.3 Å². The number of amides is 1. The van der Waals surface area contributed by atoms with E-state index in [1.54, 1.807) is 11.3 Å². The second-order valence-corrected chi connectivity index (χ2v) is 8.61. The summed E-state index contributed by atoms with van der Waals surface area (Å²) in [7, 11) is 2.06. The maximum atomic E-state index is 12.4. The van der Waals surface area contributed by atoms with E-state index in [9.17, 15) is 4.79 Å². The number of aromatic nitrogens is 1. The number of hydrogen-bond donors (Lipinski definition) is 1. The summed E-state index contributed by atoms with van der Waals surface area (Å²) in [4.78, 5) is 18.5. The number of thiazole rings is 1. The molecule has 0 aliphatic heterocycles. The van der Waals surface area contributed by atoms with Crippen LogP contribution in [0.15, 0.2) is 10.4 Å². The van der Waals surface area contributed by atoms with Crippen LogP contribution < -0.4 is 10.1 Å². The van der Waals surface area contributed by atoms with E-state index in [0.717, 1.165) is 23.3 Å². The Morgan fingerprint density at radius 2 is 1.65 bits per heavy atom. The lowest BCUT2D eigenvalue weighted by atomic mass is 10.1. The Hall–Kier alpha value is -0.810. The topological polar surface area (TPSA) is 46.4 Å². The van der Waals surface area contributed by atoms with Crippen molar-refractivity contribution in [2.75, 3.05) is 0 Å². The fourth-order valence-electron chi connectivity index (χ4n) is 4.09. The third kappa shape index (κ3) is 6.41. The molecule has 2 aliphatic rings. The van der Waals surface area contributed by atoms with Gasteiger partial charge < -0.3 is 9.88 Å². The zero-order valence-electron chi connectivity index (χ0n) is 16.0. The van der Waals surface area contributed by atoms with Gasteiger partial charge in [0, 0.05) is 24.2 Å². The SMILES string of the molecule is Cl.Cn1c(CC(=O)NC2CCCCCC2)csc1=NC1CCCCCC1. The molecule has 1 aromatic heterocycles. The highest BCUT2D eigenvalue weighted by Gasteiger charge is 2.16. The van der Waals surface area contributed by atoms with E-state index in [-0.39, 0.29) is 18.3 Å². The van der Waals surface area contributed by atoms with Crippen LogP contribution in [0, 0.1) is 0 Å². The first kappa shape index (κ1) is 21.5. The van der Waals surface area contributed by atoms with E-state index in [1.165, 1.54) is 64.2 Å². The molecule has 2 fully saturated rings. The average molecular weight is 400 g/mol. The molecule has 6 heteroatoms. The van der Waals surface area contributed by atoms with Gasteiger partial charge in [0.25, 0.3) is 0 Å². The first-order valence-corrected chi connectivity index (χ1v) is 11.1. The van der Waals surface area contributed by atoms with Crippen LogP contribution in [0.1, 0.15) is 82.7 Å². The zero-order chi connectivity index (χ0) is 17.5. The van der Waals surface area contributed by atoms with Crippen LogP contribution in [0.4, 0.5) is 0 Å². The lowest BCUT2D eigenvalue weighted by molar-refractivity contribution is -0.121. The van der Waals surface area contributed by atoms with E-state index in [1.807, 2.05) is 0 Å². The number of nitrogens with one attached hydrogen (secondary N) is 1. The van der Waals surface area contributed by atoms with E-state index in [4.69, 9.17) is 4.99 Å². The highest BCUT2D eigenvalue weighted by Crippen LogP contribution is 2.20. The molecule has 3 rings (SSSR count). The van der Waals surface area contributed by atoms with Gasteiger partial charge in [-0.05, 0) is 25.7 Å². The third-order valence-corrected chi connectivity index (χ3v) is 6.68. The molecule has 1 aromatic rings. The average Bonchev–Trinajstić information content (AvgIpc) is 2.86. The Labute approximate surface area is 167 Å². The fraction of sp³-hybridized carbons (Fsp3) is 0.800. The van der Waals surface area contributed by atoms with Crippen LogP contribution >= 0.6 is 23.7 Å². The fourth-order valence-corrected chi connectivity index (χ4v) is 5.06. The molecule has 0 saturated heterocycles. The molecule has 0 spiro atoms. The van der Waals surface area contributed by atoms with E-state index < -0.39 is 0 Å². The first-order chi connectivity index (χ1) is 12.2. The predicted octanol–water partition coefficient (Wildman–Crippen LogP) is 4.51. The van der Waals surface area contributed by atoms with Crippen molar-refractivity contribution in [3.63, 3.8) is 0 Å². The van der Waals surface area contributed by atoms with Gasteiger partial charge in [-0.1, -0.05) is 51.4 Å². The first-order valence-electron chi connectivity index (χ1n) is 10.2. The predicted molar refractivity (Wildman–Crippen MR) is 111 cm³/mol. The minimum Gasteiger partial charge on any atom is -0.353 e. The van der Waals surface area contributed by atoms with Gasteiger partial charge in [-0.2, -0.15) is 0 Å². The molecule has 1 N–H and O–H groups in total. The van der Waals surface area contributed by atoms with Gasteiger partial charge in [-0.15, -0.1) is 23.7 Å². The molecular formula is C20H34ClN3OS. The van der Waals surface area contributed by atoms with Crippen molar-refractivity contribution in [3.05, 3.63) is 15.9 Å². The number of rotatable bonds is 4. The number of carbonyl (C=O) groups is 1. The van der Waals surface area contributed by atoms with Gasteiger partial charge in [0.15, 0.2) is 4.80 Å². The molecule has 1 amide bonds. The second-order valence-electron chi connectivity index (χ2n) is 7.78. The normalized spacial score (nSPS) is 20.9. The van der Waals surface area contributed by atoms with Gasteiger partial charge in [-0.25, -0.2) is 0 Å². The molecule has 1 heterocycles. The smallest absolute Gasteiger partial charge is 0.226 e. The van der Waals surface area contributed by atoms with Crippen molar-refractivity contribution >= 4 is 29.7 Å². The van der Waals surface area contributed by atoms with Crippen LogP contribution in [-0.4, -0.2) is 22.6 Å². The van der Waals surface area contributed by atoms with Crippen molar-refractivity contribution in [2.24, 2.45) is 12.0 Å². The minimum absolute atomic E-state index is 0. The monoisotopic (exact) mass is 399 g/mol. The lowest BCUT2D eigenvalue weighted by Gasteiger charge is -2.16. The van der Waals surface area contributed by atoms with Crippen LogP contribution in [0.3, 0.4) is 0 Å². The maximum Gasteiger partial charge on any atom is 0.226 e. The van der Waals surface area contributed by atoms with E-state index in [2.05, 4.69) is 22.3 Å². The van der Waals surface area contributed by atoms with Crippen molar-refractivity contribution in [3.8, 4) is 0 Å². The zero-order valence-corrected chi connectivity index (χ0v) is 17.7. The summed E-state index contributed by atoms with van der Waals surface area (Å²) in [6.07, 6.45) is 15.7. The molecule has 2 saturated carbocycles. The van der Waals surface area contributed by atoms with Gasteiger partial charge >= 0.3 is 0 Å². The molecule has 0 atom stereocenters. The van der Waals surface area contributed by atoms with Gasteiger partial charge in [0.1, 0.15) is 0 Å². The van der Waals surface area contributed by atoms with E-state index >= 15 is 0 Å². The summed E-state index contributed by atoms with van der Waals surface area (Å²) in [5, 5.41) is 5.37. The van der Waals surface area contributed by atoms with Crippen molar-refractivity contribution in [1.29, 1.82) is 0 Å². The molecule has 0 aromatic carbocycles. The van der Waals surface area contributed by atoms with E-state index in [0.29, 0.717) is 18.5 Å². The Morgan fingerprint density at radius 1 is 1.08 bits per heavy atom. The summed E-state index contributed by atoms with van der Waals surface area (Å²) >= 11 is 1.68. The van der Waals surface area contributed by atoms with Gasteiger partial charge in [-0.3, -0.25) is 9.79 Å². The van der Waals surface area contributed by atoms with Crippen molar-refractivity contribution < 1.29 is 4.79 Å². The molecule has 2 aliphatic carbocycles. The number of hydrogen-bond acceptors (Lipinski definition) is 3. The van der Waals surface area contributed by atoms with Gasteiger partial charge in [0.05, 0.1) is 12.5 Å². The number of nitrogens with zero attached hydrogens (tertiary/aromatic N) is 2. The molecule has 26 heavy (non-hydrogen) atoms. The second kappa shape index (κ2) is 11.1. The standard InChI is InChI=1S/C20H33N3OS.ClH/c1-23-18(14-19(24)21-16-10-6-2-3-7-11-16)15-25-20(23)22-17-12-8-4-5-9-13-17;/h15-17H,2-14H2,1H3,(H,21,24);1H. The molecule has 0 radical (unpaired) electrons. The van der Waals surface area contributed by atoms with Crippen LogP contribution in [0.25, 0.3) is 0 Å². The van der Waals surface area contributed by atoms with Crippen LogP contribution in [0.5, 0.6) is 0 Å². The summed E-state index contributed by atoms with van der Waals surface area (Å²) in [5.74, 6) is 0.168. The number of carbonyl (C=O) groups excluding carboxylic acids is 1. The summed E-state index contributed by atoms with van der Waals surface area (Å²) in [6.45, 7) is 0. The molecular weight excluding hydrogens is 366 g/mol. The Bertz CT molecular complexity index is 609. The Balaban J connectivity index is 0.00000243. The van der Waals surface area contributed by atoms with Crippen LogP contribution in [0.2, 0.25) is 0 Å². The summed E-state index contributed by atoms with van der Waals surface area (Å²) in [6, 6.07) is 0.856. The maximum absolute atomic E-state index is 12.4. The lowest BCUT2D eigenvalue weighted by Crippen LogP contribution is -2.36. The Morgan fingerprint density at radius 3 is 2.27 bits per heavy atom. The van der Waals surface area contributed by atoms with Crippen molar-refractivity contribution in [1.82, 2.24) is 9.88 Å². The molecule has 148 valence electrons. The third-order valence-electron chi connectivity index (χ3n) is 5.70. The summed E-state index contributed by atoms with van der Waals surface area (Å²) < 4.78 is 2.13. The largest absolute Gasteiger partial charge is 0.353 e. The molecule has 0 unspecified atom stereocenters. The Kier molecular flexibility index (Phi) is 9.20. The summed E-state index contributed by atoms with van der Waals surface area (Å²) in [5.41, 5.74) is 1.09. The molecule has 4 nitrogen and oxygen atoms in total. The highest BCUT2D eigenvalue weighted by atomic mass is 35.5. The highest BCUT2D eigenvalue weighted by molar-refractivity contribution is 7.07. The minimum atomic E-state index is 0.